The lowest BCUT2D eigenvalue weighted by Crippen LogP contribution is -2.39. The zero-order chi connectivity index (χ0) is 21.3. The number of hydrogen-bond acceptors (Lipinski definition) is 4. The second kappa shape index (κ2) is 8.38. The Hall–Kier alpha value is -3.02. The Bertz CT molecular complexity index is 1040. The Morgan fingerprint density at radius 1 is 1.23 bits per heavy atom. The molecule has 1 aliphatic rings. The first-order valence-electron chi connectivity index (χ1n) is 10.4. The van der Waals surface area contributed by atoms with E-state index in [0.717, 1.165) is 23.1 Å². The molecule has 0 fully saturated rings. The van der Waals surface area contributed by atoms with Crippen molar-refractivity contribution in [2.24, 2.45) is 0 Å². The molecule has 1 aromatic heterocycles. The van der Waals surface area contributed by atoms with Gasteiger partial charge >= 0.3 is 0 Å². The summed E-state index contributed by atoms with van der Waals surface area (Å²) in [6, 6.07) is 12.8. The van der Waals surface area contributed by atoms with Crippen LogP contribution in [-0.2, 0) is 17.6 Å². The fourth-order valence-electron chi connectivity index (χ4n) is 3.97. The highest BCUT2D eigenvalue weighted by molar-refractivity contribution is 5.77. The zero-order valence-corrected chi connectivity index (χ0v) is 17.6. The summed E-state index contributed by atoms with van der Waals surface area (Å²) >= 11 is 0. The van der Waals surface area contributed by atoms with Gasteiger partial charge in [0.05, 0.1) is 6.04 Å². The average molecular weight is 407 g/mol. The molecular formula is C24H26FN3O2. The molecule has 156 valence electrons. The number of benzene rings is 2. The Labute approximate surface area is 175 Å². The number of nitrogens with zero attached hydrogens (tertiary/aromatic N) is 3. The van der Waals surface area contributed by atoms with Gasteiger partial charge in [0, 0.05) is 24.9 Å². The van der Waals surface area contributed by atoms with Crippen molar-refractivity contribution in [3.05, 3.63) is 70.9 Å². The lowest BCUT2D eigenvalue weighted by molar-refractivity contribution is -0.133. The van der Waals surface area contributed by atoms with Crippen LogP contribution in [0.5, 0.6) is 0 Å². The Kier molecular flexibility index (Phi) is 5.66. The Morgan fingerprint density at radius 3 is 2.73 bits per heavy atom. The molecular weight excluding hydrogens is 381 g/mol. The van der Waals surface area contributed by atoms with E-state index in [9.17, 15) is 9.18 Å². The maximum absolute atomic E-state index is 13.6. The number of hydrogen-bond donors (Lipinski definition) is 0. The van der Waals surface area contributed by atoms with E-state index in [-0.39, 0.29) is 24.2 Å². The molecule has 0 spiro atoms. The van der Waals surface area contributed by atoms with Crippen molar-refractivity contribution in [2.75, 3.05) is 6.54 Å². The molecule has 0 saturated carbocycles. The summed E-state index contributed by atoms with van der Waals surface area (Å²) in [5.41, 5.74) is 4.15. The number of rotatable bonds is 5. The number of carbonyl (C=O) groups excluding carboxylic acids is 1. The number of amides is 1. The second-order valence-electron chi connectivity index (χ2n) is 8.14. The second-order valence-corrected chi connectivity index (χ2v) is 8.14. The molecule has 1 unspecified atom stereocenters. The highest BCUT2D eigenvalue weighted by atomic mass is 19.1. The molecule has 0 radical (unpaired) electrons. The van der Waals surface area contributed by atoms with Gasteiger partial charge in [-0.05, 0) is 48.1 Å². The van der Waals surface area contributed by atoms with Crippen molar-refractivity contribution in [2.45, 2.75) is 52.0 Å². The normalized spacial score (nSPS) is 16.0. The van der Waals surface area contributed by atoms with E-state index >= 15 is 0 Å². The van der Waals surface area contributed by atoms with Crippen LogP contribution in [0.3, 0.4) is 0 Å². The molecule has 0 saturated heterocycles. The molecule has 6 heteroatoms. The number of aromatic nitrogens is 2. The molecule has 1 atom stereocenters. The Balaban J connectivity index is 1.39. The molecule has 30 heavy (non-hydrogen) atoms. The summed E-state index contributed by atoms with van der Waals surface area (Å²) in [4.78, 5) is 19.0. The highest BCUT2D eigenvalue weighted by Gasteiger charge is 2.28. The Morgan fingerprint density at radius 2 is 2.00 bits per heavy atom. The first kappa shape index (κ1) is 20.3. The van der Waals surface area contributed by atoms with Gasteiger partial charge in [0.25, 0.3) is 0 Å². The maximum Gasteiger partial charge on any atom is 0.227 e. The minimum atomic E-state index is -0.269. The molecule has 1 amide bonds. The van der Waals surface area contributed by atoms with E-state index in [1.54, 1.807) is 0 Å². The monoisotopic (exact) mass is 407 g/mol. The van der Waals surface area contributed by atoms with E-state index in [2.05, 4.69) is 36.1 Å². The van der Waals surface area contributed by atoms with E-state index in [0.29, 0.717) is 30.6 Å². The highest BCUT2D eigenvalue weighted by Crippen LogP contribution is 2.30. The van der Waals surface area contributed by atoms with Gasteiger partial charge in [0.15, 0.2) is 0 Å². The topological polar surface area (TPSA) is 59.2 Å². The minimum Gasteiger partial charge on any atom is -0.339 e. The van der Waals surface area contributed by atoms with E-state index in [1.165, 1.54) is 17.7 Å². The summed E-state index contributed by atoms with van der Waals surface area (Å²) in [6.07, 6.45) is 1.40. The van der Waals surface area contributed by atoms with Crippen molar-refractivity contribution in [3.63, 3.8) is 0 Å². The standard InChI is InChI=1S/C24H26FN3O2/c1-15(2)17-4-6-19(7-5-17)24-26-22(30-27-24)10-11-23(29)28-13-12-18-8-9-20(25)14-21(18)16(28)3/h4-9,14-16H,10-13H2,1-3H3. The van der Waals surface area contributed by atoms with Crippen LogP contribution in [0.15, 0.2) is 47.0 Å². The SMILES string of the molecule is CC(C)c1ccc(-c2noc(CCC(=O)N3CCc4ccc(F)cc4C3C)n2)cc1. The van der Waals surface area contributed by atoms with Crippen LogP contribution in [0, 0.1) is 5.82 Å². The van der Waals surface area contributed by atoms with Gasteiger partial charge in [0.1, 0.15) is 5.82 Å². The van der Waals surface area contributed by atoms with Crippen LogP contribution in [-0.4, -0.2) is 27.5 Å². The van der Waals surface area contributed by atoms with Crippen LogP contribution in [0.4, 0.5) is 4.39 Å². The van der Waals surface area contributed by atoms with Crippen LogP contribution in [0.2, 0.25) is 0 Å². The van der Waals surface area contributed by atoms with Crippen molar-refractivity contribution in [1.29, 1.82) is 0 Å². The van der Waals surface area contributed by atoms with Crippen LogP contribution < -0.4 is 0 Å². The van der Waals surface area contributed by atoms with Gasteiger partial charge in [-0.1, -0.05) is 49.3 Å². The molecule has 1 aliphatic heterocycles. The van der Waals surface area contributed by atoms with Crippen molar-refractivity contribution in [1.82, 2.24) is 15.0 Å². The maximum atomic E-state index is 13.6. The molecule has 3 aromatic rings. The van der Waals surface area contributed by atoms with Crippen LogP contribution in [0.1, 0.15) is 61.7 Å². The quantitative estimate of drug-likeness (QED) is 0.592. The largest absolute Gasteiger partial charge is 0.339 e. The van der Waals surface area contributed by atoms with Gasteiger partial charge in [-0.3, -0.25) is 4.79 Å². The summed E-state index contributed by atoms with van der Waals surface area (Å²) in [5, 5.41) is 4.05. The molecule has 4 rings (SSSR count). The molecule has 0 aliphatic carbocycles. The van der Waals surface area contributed by atoms with E-state index in [4.69, 9.17) is 4.52 Å². The molecule has 5 nitrogen and oxygen atoms in total. The van der Waals surface area contributed by atoms with Crippen LogP contribution in [0.25, 0.3) is 11.4 Å². The predicted molar refractivity (Wildman–Crippen MR) is 112 cm³/mol. The van der Waals surface area contributed by atoms with Gasteiger partial charge in [-0.15, -0.1) is 0 Å². The number of fused-ring (bicyclic) bond motifs is 1. The average Bonchev–Trinajstić information content (AvgIpc) is 3.22. The number of halogens is 1. The van der Waals surface area contributed by atoms with Gasteiger partial charge < -0.3 is 9.42 Å². The van der Waals surface area contributed by atoms with Crippen molar-refractivity contribution in [3.8, 4) is 11.4 Å². The van der Waals surface area contributed by atoms with E-state index < -0.39 is 0 Å². The van der Waals surface area contributed by atoms with Gasteiger partial charge in [-0.2, -0.15) is 4.98 Å². The lowest BCUT2D eigenvalue weighted by Gasteiger charge is -2.35. The first-order chi connectivity index (χ1) is 14.4. The summed E-state index contributed by atoms with van der Waals surface area (Å²) in [7, 11) is 0. The first-order valence-corrected chi connectivity index (χ1v) is 10.4. The van der Waals surface area contributed by atoms with Gasteiger partial charge in [-0.25, -0.2) is 4.39 Å². The van der Waals surface area contributed by atoms with E-state index in [1.807, 2.05) is 30.0 Å². The fraction of sp³-hybridized carbons (Fsp3) is 0.375. The third kappa shape index (κ3) is 4.13. The lowest BCUT2D eigenvalue weighted by atomic mass is 9.93. The molecule has 0 bridgehead atoms. The number of carbonyl (C=O) groups is 1. The summed E-state index contributed by atoms with van der Waals surface area (Å²) in [5.74, 6) is 1.19. The molecule has 2 heterocycles. The van der Waals surface area contributed by atoms with Crippen molar-refractivity contribution >= 4 is 5.91 Å². The smallest absolute Gasteiger partial charge is 0.227 e. The fourth-order valence-corrected chi connectivity index (χ4v) is 3.97. The van der Waals surface area contributed by atoms with Gasteiger partial charge in [0.2, 0.25) is 17.6 Å². The number of aryl methyl sites for hydroxylation is 1. The predicted octanol–water partition coefficient (Wildman–Crippen LogP) is 5.08. The van der Waals surface area contributed by atoms with Crippen LogP contribution >= 0.6 is 0 Å². The third-order valence-corrected chi connectivity index (χ3v) is 5.82. The molecule has 2 aromatic carbocycles. The molecule has 0 N–H and O–H groups in total. The third-order valence-electron chi connectivity index (χ3n) is 5.82. The summed E-state index contributed by atoms with van der Waals surface area (Å²) < 4.78 is 19.0. The summed E-state index contributed by atoms with van der Waals surface area (Å²) in [6.45, 7) is 6.88. The minimum absolute atomic E-state index is 0.0125. The zero-order valence-electron chi connectivity index (χ0n) is 17.6. The van der Waals surface area contributed by atoms with Crippen molar-refractivity contribution < 1.29 is 13.7 Å².